The Kier molecular flexibility index (Phi) is 5.00. The van der Waals surface area contributed by atoms with E-state index in [1.165, 1.54) is 37.6 Å². The van der Waals surface area contributed by atoms with Gasteiger partial charge in [0.25, 0.3) is 0 Å². The van der Waals surface area contributed by atoms with Gasteiger partial charge in [-0.1, -0.05) is 23.2 Å². The molecule has 1 aliphatic carbocycles. The molecule has 0 unspecified atom stereocenters. The van der Waals surface area contributed by atoms with Gasteiger partial charge in [0.15, 0.2) is 0 Å². The third-order valence-corrected chi connectivity index (χ3v) is 6.21. The summed E-state index contributed by atoms with van der Waals surface area (Å²) in [5, 5.41) is 0.652. The molecule has 122 valence electrons. The van der Waals surface area contributed by atoms with Crippen molar-refractivity contribution in [2.45, 2.75) is 36.6 Å². The van der Waals surface area contributed by atoms with E-state index in [-0.39, 0.29) is 10.9 Å². The van der Waals surface area contributed by atoms with Crippen molar-refractivity contribution in [2.75, 3.05) is 19.6 Å². The maximum absolute atomic E-state index is 12.4. The van der Waals surface area contributed by atoms with E-state index in [4.69, 9.17) is 23.2 Å². The van der Waals surface area contributed by atoms with Crippen molar-refractivity contribution < 1.29 is 8.42 Å². The number of nitrogens with one attached hydrogen (secondary N) is 1. The van der Waals surface area contributed by atoms with Gasteiger partial charge in [-0.15, -0.1) is 0 Å². The first-order valence-electron chi connectivity index (χ1n) is 7.63. The van der Waals surface area contributed by atoms with Gasteiger partial charge in [0, 0.05) is 22.6 Å². The lowest BCUT2D eigenvalue weighted by molar-refractivity contribution is 0.200. The van der Waals surface area contributed by atoms with E-state index >= 15 is 0 Å². The Hall–Kier alpha value is -0.330. The van der Waals surface area contributed by atoms with E-state index in [0.717, 1.165) is 31.8 Å². The van der Waals surface area contributed by atoms with Gasteiger partial charge >= 0.3 is 0 Å². The summed E-state index contributed by atoms with van der Waals surface area (Å²) in [5.41, 5.74) is 0. The normalized spacial score (nSPS) is 21.2. The third-order valence-electron chi connectivity index (χ3n) is 4.27. The monoisotopic (exact) mass is 362 g/mol. The molecule has 1 aliphatic heterocycles. The highest BCUT2D eigenvalue weighted by Gasteiger charge is 2.29. The molecule has 1 aromatic carbocycles. The zero-order chi connectivity index (χ0) is 15.7. The molecule has 0 aromatic heterocycles. The summed E-state index contributed by atoms with van der Waals surface area (Å²) in [7, 11) is -3.57. The van der Waals surface area contributed by atoms with Gasteiger partial charge in [0.05, 0.1) is 4.90 Å². The summed E-state index contributed by atoms with van der Waals surface area (Å²) in [6.07, 6.45) is 4.39. The Morgan fingerprint density at radius 3 is 2.18 bits per heavy atom. The minimum absolute atomic E-state index is 0.0155. The van der Waals surface area contributed by atoms with Crippen LogP contribution in [0.1, 0.15) is 25.7 Å². The summed E-state index contributed by atoms with van der Waals surface area (Å²) in [4.78, 5) is 2.57. The van der Waals surface area contributed by atoms with Crippen LogP contribution in [0.15, 0.2) is 23.1 Å². The molecule has 1 saturated heterocycles. The van der Waals surface area contributed by atoms with E-state index < -0.39 is 10.0 Å². The number of likely N-dealkylation sites (tertiary alicyclic amines) is 1. The molecule has 0 amide bonds. The Labute approximate surface area is 141 Å². The highest BCUT2D eigenvalue weighted by Crippen LogP contribution is 2.30. The molecule has 0 bridgehead atoms. The molecule has 22 heavy (non-hydrogen) atoms. The molecule has 2 aliphatic rings. The van der Waals surface area contributed by atoms with Gasteiger partial charge < -0.3 is 4.90 Å². The number of hydrogen-bond donors (Lipinski definition) is 1. The molecule has 1 saturated carbocycles. The molecule has 0 spiro atoms. The molecular formula is C15H20Cl2N2O2S. The van der Waals surface area contributed by atoms with Crippen LogP contribution in [-0.4, -0.2) is 39.0 Å². The van der Waals surface area contributed by atoms with Crippen molar-refractivity contribution in [2.24, 2.45) is 5.92 Å². The Balaban J connectivity index is 1.59. The van der Waals surface area contributed by atoms with Gasteiger partial charge in [-0.05, 0) is 62.9 Å². The SMILES string of the molecule is O=S(=O)(NC1CCN(CC2CC2)CC1)c1cc(Cl)cc(Cl)c1. The van der Waals surface area contributed by atoms with Crippen molar-refractivity contribution in [1.29, 1.82) is 0 Å². The Morgan fingerprint density at radius 1 is 1.05 bits per heavy atom. The van der Waals surface area contributed by atoms with Gasteiger partial charge in [-0.3, -0.25) is 0 Å². The first kappa shape index (κ1) is 16.5. The summed E-state index contributed by atoms with van der Waals surface area (Å²) < 4.78 is 27.6. The minimum atomic E-state index is -3.57. The van der Waals surface area contributed by atoms with Crippen molar-refractivity contribution in [3.8, 4) is 0 Å². The minimum Gasteiger partial charge on any atom is -0.303 e. The summed E-state index contributed by atoms with van der Waals surface area (Å²) in [6, 6.07) is 4.37. The zero-order valence-corrected chi connectivity index (χ0v) is 14.6. The number of benzene rings is 1. The van der Waals surface area contributed by atoms with Crippen LogP contribution in [0.3, 0.4) is 0 Å². The van der Waals surface area contributed by atoms with Crippen LogP contribution in [0.25, 0.3) is 0 Å². The second kappa shape index (κ2) is 6.65. The number of sulfonamides is 1. The van der Waals surface area contributed by atoms with Crippen LogP contribution < -0.4 is 4.72 Å². The topological polar surface area (TPSA) is 49.4 Å². The molecular weight excluding hydrogens is 343 g/mol. The van der Waals surface area contributed by atoms with Gasteiger partial charge in [-0.2, -0.15) is 0 Å². The summed E-state index contributed by atoms with van der Waals surface area (Å²) >= 11 is 11.8. The molecule has 4 nitrogen and oxygen atoms in total. The fourth-order valence-corrected chi connectivity index (χ4v) is 4.90. The average Bonchev–Trinajstić information content (AvgIpc) is 3.24. The molecule has 0 radical (unpaired) electrons. The van der Waals surface area contributed by atoms with Crippen molar-refractivity contribution in [1.82, 2.24) is 9.62 Å². The fourth-order valence-electron chi connectivity index (χ4n) is 2.87. The lowest BCUT2D eigenvalue weighted by Gasteiger charge is -2.32. The highest BCUT2D eigenvalue weighted by atomic mass is 35.5. The second-order valence-corrected chi connectivity index (χ2v) is 8.83. The van der Waals surface area contributed by atoms with Gasteiger partial charge in [0.1, 0.15) is 0 Å². The van der Waals surface area contributed by atoms with Gasteiger partial charge in [0.2, 0.25) is 10.0 Å². The maximum atomic E-state index is 12.4. The Morgan fingerprint density at radius 2 is 1.64 bits per heavy atom. The van der Waals surface area contributed by atoms with Crippen LogP contribution >= 0.6 is 23.2 Å². The van der Waals surface area contributed by atoms with E-state index in [0.29, 0.717) is 10.0 Å². The van der Waals surface area contributed by atoms with Crippen LogP contribution in [0, 0.1) is 5.92 Å². The highest BCUT2D eigenvalue weighted by molar-refractivity contribution is 7.89. The number of nitrogens with zero attached hydrogens (tertiary/aromatic N) is 1. The van der Waals surface area contributed by atoms with E-state index in [2.05, 4.69) is 9.62 Å². The quantitative estimate of drug-likeness (QED) is 0.874. The molecule has 3 rings (SSSR count). The molecule has 0 atom stereocenters. The molecule has 7 heteroatoms. The zero-order valence-electron chi connectivity index (χ0n) is 12.3. The van der Waals surface area contributed by atoms with Crippen LogP contribution in [0.5, 0.6) is 0 Å². The maximum Gasteiger partial charge on any atom is 0.240 e. The van der Waals surface area contributed by atoms with E-state index in [9.17, 15) is 8.42 Å². The molecule has 1 heterocycles. The first-order chi connectivity index (χ1) is 10.4. The lowest BCUT2D eigenvalue weighted by Crippen LogP contribution is -2.45. The summed E-state index contributed by atoms with van der Waals surface area (Å²) in [6.45, 7) is 3.09. The van der Waals surface area contributed by atoms with Gasteiger partial charge in [-0.25, -0.2) is 13.1 Å². The number of hydrogen-bond acceptors (Lipinski definition) is 3. The standard InChI is InChI=1S/C15H20Cl2N2O2S/c16-12-7-13(17)9-15(8-12)22(20,21)18-14-3-5-19(6-4-14)10-11-1-2-11/h7-9,11,14,18H,1-6,10H2. The number of halogens is 2. The van der Waals surface area contributed by atoms with Crippen molar-refractivity contribution >= 4 is 33.2 Å². The smallest absolute Gasteiger partial charge is 0.240 e. The van der Waals surface area contributed by atoms with E-state index in [1.54, 1.807) is 0 Å². The van der Waals surface area contributed by atoms with Crippen molar-refractivity contribution in [3.63, 3.8) is 0 Å². The van der Waals surface area contributed by atoms with Crippen LogP contribution in [-0.2, 0) is 10.0 Å². The predicted octanol–water partition coefficient (Wildman–Crippen LogP) is 3.15. The molecule has 1 aromatic rings. The lowest BCUT2D eigenvalue weighted by atomic mass is 10.1. The molecule has 2 fully saturated rings. The average molecular weight is 363 g/mol. The number of piperidine rings is 1. The predicted molar refractivity (Wildman–Crippen MR) is 89.0 cm³/mol. The molecule has 1 N–H and O–H groups in total. The van der Waals surface area contributed by atoms with Crippen LogP contribution in [0.2, 0.25) is 10.0 Å². The largest absolute Gasteiger partial charge is 0.303 e. The fraction of sp³-hybridized carbons (Fsp3) is 0.600. The van der Waals surface area contributed by atoms with Crippen molar-refractivity contribution in [3.05, 3.63) is 28.2 Å². The summed E-state index contributed by atoms with van der Waals surface area (Å²) in [5.74, 6) is 0.877. The first-order valence-corrected chi connectivity index (χ1v) is 9.87. The third kappa shape index (κ3) is 4.36. The van der Waals surface area contributed by atoms with Crippen LogP contribution in [0.4, 0.5) is 0 Å². The Bertz CT molecular complexity index is 619. The number of rotatable bonds is 5. The second-order valence-electron chi connectivity index (χ2n) is 6.24. The van der Waals surface area contributed by atoms with E-state index in [1.807, 2.05) is 0 Å².